The van der Waals surface area contributed by atoms with Gasteiger partial charge < -0.3 is 5.32 Å². The number of nitrogens with one attached hydrogen (secondary N) is 1. The second kappa shape index (κ2) is 6.84. The summed E-state index contributed by atoms with van der Waals surface area (Å²) in [4.78, 5) is 9.14. The predicted octanol–water partition coefficient (Wildman–Crippen LogP) is 3.92. The molecule has 0 fully saturated rings. The quantitative estimate of drug-likeness (QED) is 0.616. The molecular weight excluding hydrogens is 230 g/mol. The van der Waals surface area contributed by atoms with Crippen molar-refractivity contribution in [3.05, 3.63) is 11.9 Å². The lowest BCUT2D eigenvalue weighted by molar-refractivity contribution is 0.752. The molecule has 4 heteroatoms. The summed E-state index contributed by atoms with van der Waals surface area (Å²) in [6.07, 6.45) is 1.10. The lowest BCUT2D eigenvalue weighted by Gasteiger charge is -2.12. The van der Waals surface area contributed by atoms with Crippen LogP contribution in [-0.4, -0.2) is 21.8 Å². The SMILES string of the molecule is CCCNc1cc(SC(C)C)nc(C(C)C)n1. The smallest absolute Gasteiger partial charge is 0.134 e. The predicted molar refractivity (Wildman–Crippen MR) is 75.9 cm³/mol. The van der Waals surface area contributed by atoms with E-state index in [1.54, 1.807) is 11.8 Å². The molecule has 0 amide bonds. The summed E-state index contributed by atoms with van der Waals surface area (Å²) in [6, 6.07) is 2.05. The zero-order valence-corrected chi connectivity index (χ0v) is 12.3. The van der Waals surface area contributed by atoms with Crippen molar-refractivity contribution in [2.45, 2.75) is 57.2 Å². The van der Waals surface area contributed by atoms with Crippen LogP contribution in [0.3, 0.4) is 0 Å². The number of nitrogens with zero attached hydrogens (tertiary/aromatic N) is 2. The molecule has 0 aromatic carbocycles. The third-order valence-corrected chi connectivity index (χ3v) is 3.07. The van der Waals surface area contributed by atoms with Gasteiger partial charge in [0.15, 0.2) is 0 Å². The Morgan fingerprint density at radius 3 is 2.47 bits per heavy atom. The molecule has 0 aliphatic heterocycles. The van der Waals surface area contributed by atoms with Crippen molar-refractivity contribution in [2.75, 3.05) is 11.9 Å². The summed E-state index contributed by atoms with van der Waals surface area (Å²) in [5.74, 6) is 2.24. The van der Waals surface area contributed by atoms with Crippen molar-refractivity contribution < 1.29 is 0 Å². The average molecular weight is 253 g/mol. The van der Waals surface area contributed by atoms with Crippen LogP contribution in [0, 0.1) is 0 Å². The highest BCUT2D eigenvalue weighted by atomic mass is 32.2. The van der Waals surface area contributed by atoms with Crippen LogP contribution < -0.4 is 5.32 Å². The van der Waals surface area contributed by atoms with Crippen molar-refractivity contribution >= 4 is 17.6 Å². The van der Waals surface area contributed by atoms with Gasteiger partial charge in [0.1, 0.15) is 16.7 Å². The minimum atomic E-state index is 0.366. The Kier molecular flexibility index (Phi) is 5.75. The van der Waals surface area contributed by atoms with Crippen LogP contribution >= 0.6 is 11.8 Å². The van der Waals surface area contributed by atoms with Gasteiger partial charge in [-0.1, -0.05) is 34.6 Å². The Hall–Kier alpha value is -0.770. The molecule has 1 N–H and O–H groups in total. The van der Waals surface area contributed by atoms with Crippen LogP contribution in [0.25, 0.3) is 0 Å². The summed E-state index contributed by atoms with van der Waals surface area (Å²) < 4.78 is 0. The fourth-order valence-electron chi connectivity index (χ4n) is 1.35. The first kappa shape index (κ1) is 14.3. The molecule has 0 atom stereocenters. The fourth-order valence-corrected chi connectivity index (χ4v) is 2.16. The van der Waals surface area contributed by atoms with E-state index in [-0.39, 0.29) is 0 Å². The Morgan fingerprint density at radius 1 is 1.24 bits per heavy atom. The third kappa shape index (κ3) is 4.94. The fraction of sp³-hybridized carbons (Fsp3) is 0.692. The highest BCUT2D eigenvalue weighted by Crippen LogP contribution is 2.24. The molecule has 0 saturated heterocycles. The molecule has 0 unspecified atom stereocenters. The molecule has 1 aromatic rings. The first-order valence-electron chi connectivity index (χ1n) is 6.32. The molecule has 0 bridgehead atoms. The van der Waals surface area contributed by atoms with E-state index < -0.39 is 0 Å². The van der Waals surface area contributed by atoms with Crippen molar-refractivity contribution in [1.29, 1.82) is 0 Å². The molecule has 96 valence electrons. The largest absolute Gasteiger partial charge is 0.370 e. The standard InChI is InChI=1S/C13H23N3S/c1-6-7-14-11-8-12(17-10(4)5)16-13(15-11)9(2)3/h8-10H,6-7H2,1-5H3,(H,14,15,16). The van der Waals surface area contributed by atoms with Crippen molar-refractivity contribution in [3.63, 3.8) is 0 Å². The third-order valence-electron chi connectivity index (χ3n) is 2.15. The number of hydrogen-bond acceptors (Lipinski definition) is 4. The second-order valence-electron chi connectivity index (χ2n) is 4.70. The van der Waals surface area contributed by atoms with E-state index in [1.165, 1.54) is 0 Å². The number of thioether (sulfide) groups is 1. The monoisotopic (exact) mass is 253 g/mol. The number of rotatable bonds is 6. The van der Waals surface area contributed by atoms with Crippen molar-refractivity contribution in [1.82, 2.24) is 9.97 Å². The van der Waals surface area contributed by atoms with Gasteiger partial charge in [-0.15, -0.1) is 11.8 Å². The zero-order chi connectivity index (χ0) is 12.8. The maximum atomic E-state index is 4.59. The number of anilines is 1. The van der Waals surface area contributed by atoms with Gasteiger partial charge in [0.2, 0.25) is 0 Å². The van der Waals surface area contributed by atoms with E-state index >= 15 is 0 Å². The van der Waals surface area contributed by atoms with E-state index in [4.69, 9.17) is 0 Å². The van der Waals surface area contributed by atoms with Gasteiger partial charge >= 0.3 is 0 Å². The minimum Gasteiger partial charge on any atom is -0.370 e. The lowest BCUT2D eigenvalue weighted by atomic mass is 10.2. The van der Waals surface area contributed by atoms with Gasteiger partial charge in [0, 0.05) is 23.8 Å². The molecule has 3 nitrogen and oxygen atoms in total. The zero-order valence-electron chi connectivity index (χ0n) is 11.4. The Bertz CT molecular complexity index is 351. The summed E-state index contributed by atoms with van der Waals surface area (Å²) >= 11 is 1.79. The maximum absolute atomic E-state index is 4.59. The van der Waals surface area contributed by atoms with Gasteiger partial charge in [-0.2, -0.15) is 0 Å². The van der Waals surface area contributed by atoms with E-state index in [0.717, 1.165) is 29.6 Å². The molecule has 0 spiro atoms. The summed E-state index contributed by atoms with van der Waals surface area (Å²) in [7, 11) is 0. The topological polar surface area (TPSA) is 37.8 Å². The summed E-state index contributed by atoms with van der Waals surface area (Å²) in [5.41, 5.74) is 0. The van der Waals surface area contributed by atoms with Crippen LogP contribution in [0.1, 0.15) is 52.8 Å². The van der Waals surface area contributed by atoms with Gasteiger partial charge in [-0.25, -0.2) is 9.97 Å². The molecule has 0 aliphatic carbocycles. The first-order chi connectivity index (χ1) is 8.02. The van der Waals surface area contributed by atoms with Crippen molar-refractivity contribution in [2.24, 2.45) is 0 Å². The molecule has 1 heterocycles. The van der Waals surface area contributed by atoms with Crippen LogP contribution in [0.2, 0.25) is 0 Å². The van der Waals surface area contributed by atoms with Gasteiger partial charge in [0.05, 0.1) is 0 Å². The molecule has 17 heavy (non-hydrogen) atoms. The number of aromatic nitrogens is 2. The van der Waals surface area contributed by atoms with Gasteiger partial charge in [-0.05, 0) is 6.42 Å². The normalized spacial score (nSPS) is 11.2. The van der Waals surface area contributed by atoms with Crippen LogP contribution in [-0.2, 0) is 0 Å². The molecule has 1 rings (SSSR count). The molecular formula is C13H23N3S. The Morgan fingerprint density at radius 2 is 1.94 bits per heavy atom. The average Bonchev–Trinajstić information content (AvgIpc) is 2.25. The van der Waals surface area contributed by atoms with E-state index in [1.807, 2.05) is 6.07 Å². The van der Waals surface area contributed by atoms with E-state index in [9.17, 15) is 0 Å². The van der Waals surface area contributed by atoms with E-state index in [0.29, 0.717) is 11.2 Å². The Balaban J connectivity index is 2.92. The summed E-state index contributed by atoms with van der Waals surface area (Å²) in [5, 5.41) is 4.95. The molecule has 1 aromatic heterocycles. The molecule has 0 radical (unpaired) electrons. The van der Waals surface area contributed by atoms with Gasteiger partial charge in [-0.3, -0.25) is 0 Å². The lowest BCUT2D eigenvalue weighted by Crippen LogP contribution is -2.07. The second-order valence-corrected chi connectivity index (χ2v) is 6.29. The maximum Gasteiger partial charge on any atom is 0.134 e. The highest BCUT2D eigenvalue weighted by Gasteiger charge is 2.09. The highest BCUT2D eigenvalue weighted by molar-refractivity contribution is 7.99. The first-order valence-corrected chi connectivity index (χ1v) is 7.20. The van der Waals surface area contributed by atoms with Crippen molar-refractivity contribution in [3.8, 4) is 0 Å². The van der Waals surface area contributed by atoms with Crippen LogP contribution in [0.4, 0.5) is 5.82 Å². The van der Waals surface area contributed by atoms with Gasteiger partial charge in [0.25, 0.3) is 0 Å². The number of hydrogen-bond donors (Lipinski definition) is 1. The molecule has 0 saturated carbocycles. The minimum absolute atomic E-state index is 0.366. The Labute approximate surface area is 109 Å². The molecule has 0 aliphatic rings. The van der Waals surface area contributed by atoms with Crippen LogP contribution in [0.15, 0.2) is 11.1 Å². The van der Waals surface area contributed by atoms with Crippen LogP contribution in [0.5, 0.6) is 0 Å². The van der Waals surface area contributed by atoms with E-state index in [2.05, 4.69) is 49.9 Å². The summed E-state index contributed by atoms with van der Waals surface area (Å²) in [6.45, 7) is 11.7.